The van der Waals surface area contributed by atoms with Crippen LogP contribution in [0.5, 0.6) is 5.75 Å². The fraction of sp³-hybridized carbons (Fsp3) is 0.304. The van der Waals surface area contributed by atoms with Crippen molar-refractivity contribution in [2.45, 2.75) is 39.8 Å². The molecule has 166 valence electrons. The summed E-state index contributed by atoms with van der Waals surface area (Å²) < 4.78 is 13.4. The highest BCUT2D eigenvalue weighted by atomic mass is 32.2. The fourth-order valence-corrected chi connectivity index (χ4v) is 5.08. The maximum atomic E-state index is 13.0. The van der Waals surface area contributed by atoms with Gasteiger partial charge in [0.05, 0.1) is 23.1 Å². The van der Waals surface area contributed by atoms with Crippen LogP contribution in [0.3, 0.4) is 0 Å². The highest BCUT2D eigenvalue weighted by Gasteiger charge is 2.19. The summed E-state index contributed by atoms with van der Waals surface area (Å²) in [6.45, 7) is 10.4. The van der Waals surface area contributed by atoms with E-state index in [9.17, 15) is 4.79 Å². The standard InChI is InChI=1S/C23H24N4O3S2/c1-6-29-18-9-7-17(8-10-18)27-13(2)11-19(15(27)4)20(28)12-31-23-26-25-22(30-23)21-14(3)24-16(5)32-21/h7-11H,6,12H2,1-5H3. The molecule has 0 saturated heterocycles. The second-order valence-electron chi connectivity index (χ2n) is 7.28. The lowest BCUT2D eigenvalue weighted by Crippen LogP contribution is -2.05. The van der Waals surface area contributed by atoms with Crippen LogP contribution < -0.4 is 4.74 Å². The fourth-order valence-electron chi connectivity index (χ4n) is 3.60. The van der Waals surface area contributed by atoms with Gasteiger partial charge in [0.15, 0.2) is 5.78 Å². The van der Waals surface area contributed by atoms with Gasteiger partial charge in [-0.05, 0) is 65.0 Å². The molecule has 0 bridgehead atoms. The van der Waals surface area contributed by atoms with E-state index in [1.165, 1.54) is 23.1 Å². The number of hydrogen-bond acceptors (Lipinski definition) is 8. The number of carbonyl (C=O) groups excluding carboxylic acids is 1. The number of Topliss-reactive ketones (excluding diaryl/α,β-unsaturated/α-hetero) is 1. The molecule has 0 radical (unpaired) electrons. The van der Waals surface area contributed by atoms with Gasteiger partial charge in [-0.2, -0.15) is 0 Å². The lowest BCUT2D eigenvalue weighted by atomic mass is 10.2. The number of ketones is 1. The molecule has 3 heterocycles. The zero-order chi connectivity index (χ0) is 22.8. The molecule has 0 amide bonds. The molecule has 4 aromatic rings. The van der Waals surface area contributed by atoms with E-state index in [1.807, 2.05) is 65.0 Å². The van der Waals surface area contributed by atoms with Crippen molar-refractivity contribution in [1.29, 1.82) is 0 Å². The van der Waals surface area contributed by atoms with Gasteiger partial charge >= 0.3 is 0 Å². The number of thiazole rings is 1. The Morgan fingerprint density at radius 1 is 1.16 bits per heavy atom. The number of carbonyl (C=O) groups is 1. The molecule has 0 fully saturated rings. The molecule has 0 aliphatic rings. The molecular formula is C23H24N4O3S2. The predicted octanol–water partition coefficient (Wildman–Crippen LogP) is 5.59. The van der Waals surface area contributed by atoms with E-state index in [1.54, 1.807) is 0 Å². The summed E-state index contributed by atoms with van der Waals surface area (Å²) in [5.74, 6) is 1.51. The topological polar surface area (TPSA) is 83.0 Å². The summed E-state index contributed by atoms with van der Waals surface area (Å²) in [6, 6.07) is 9.80. The van der Waals surface area contributed by atoms with E-state index in [2.05, 4.69) is 19.7 Å². The molecule has 4 rings (SSSR count). The molecule has 7 nitrogen and oxygen atoms in total. The van der Waals surface area contributed by atoms with Crippen LogP contribution in [0.15, 0.2) is 40.0 Å². The molecule has 0 atom stereocenters. The van der Waals surface area contributed by atoms with Crippen molar-refractivity contribution in [3.05, 3.63) is 58.0 Å². The zero-order valence-corrected chi connectivity index (χ0v) is 20.3. The zero-order valence-electron chi connectivity index (χ0n) is 18.6. The highest BCUT2D eigenvalue weighted by molar-refractivity contribution is 7.99. The Morgan fingerprint density at radius 3 is 2.56 bits per heavy atom. The summed E-state index contributed by atoms with van der Waals surface area (Å²) >= 11 is 2.76. The highest BCUT2D eigenvalue weighted by Crippen LogP contribution is 2.31. The van der Waals surface area contributed by atoms with E-state index < -0.39 is 0 Å². The maximum absolute atomic E-state index is 13.0. The Hall–Kier alpha value is -2.91. The Kier molecular flexibility index (Phi) is 6.48. The number of aryl methyl sites for hydroxylation is 3. The van der Waals surface area contributed by atoms with Gasteiger partial charge in [-0.15, -0.1) is 21.5 Å². The van der Waals surface area contributed by atoms with Crippen LogP contribution >= 0.6 is 23.1 Å². The van der Waals surface area contributed by atoms with Crippen LogP contribution in [-0.4, -0.2) is 37.9 Å². The van der Waals surface area contributed by atoms with Crippen LogP contribution in [0.2, 0.25) is 0 Å². The van der Waals surface area contributed by atoms with Gasteiger partial charge in [0.1, 0.15) is 10.6 Å². The van der Waals surface area contributed by atoms with Gasteiger partial charge in [-0.1, -0.05) is 11.8 Å². The van der Waals surface area contributed by atoms with E-state index >= 15 is 0 Å². The Labute approximate surface area is 194 Å². The summed E-state index contributed by atoms with van der Waals surface area (Å²) in [4.78, 5) is 18.2. The third-order valence-corrected chi connectivity index (χ3v) is 6.85. The van der Waals surface area contributed by atoms with Crippen molar-refractivity contribution in [1.82, 2.24) is 19.7 Å². The molecule has 0 N–H and O–H groups in total. The summed E-state index contributed by atoms with van der Waals surface area (Å²) in [7, 11) is 0. The largest absolute Gasteiger partial charge is 0.494 e. The summed E-state index contributed by atoms with van der Waals surface area (Å²) in [5.41, 5.74) is 4.45. The first kappa shape index (κ1) is 22.3. The SMILES string of the molecule is CCOc1ccc(-n2c(C)cc(C(=O)CSc3nnc(-c4sc(C)nc4C)o3)c2C)cc1. The van der Waals surface area contributed by atoms with Crippen molar-refractivity contribution in [3.8, 4) is 22.2 Å². The molecule has 32 heavy (non-hydrogen) atoms. The maximum Gasteiger partial charge on any atom is 0.277 e. The molecule has 0 aliphatic carbocycles. The number of rotatable bonds is 8. The number of thioether (sulfide) groups is 1. The van der Waals surface area contributed by atoms with E-state index in [-0.39, 0.29) is 11.5 Å². The summed E-state index contributed by atoms with van der Waals surface area (Å²) in [5, 5.41) is 9.52. The van der Waals surface area contributed by atoms with Gasteiger partial charge in [0.2, 0.25) is 0 Å². The molecule has 0 unspecified atom stereocenters. The molecule has 3 aromatic heterocycles. The second kappa shape index (κ2) is 9.30. The van der Waals surface area contributed by atoms with Crippen molar-refractivity contribution in [2.75, 3.05) is 12.4 Å². The smallest absolute Gasteiger partial charge is 0.277 e. The van der Waals surface area contributed by atoms with Gasteiger partial charge in [0, 0.05) is 22.6 Å². The second-order valence-corrected chi connectivity index (χ2v) is 9.41. The van der Waals surface area contributed by atoms with Crippen molar-refractivity contribution in [3.63, 3.8) is 0 Å². The monoisotopic (exact) mass is 468 g/mol. The number of nitrogens with zero attached hydrogens (tertiary/aromatic N) is 4. The van der Waals surface area contributed by atoms with Crippen LogP contribution in [-0.2, 0) is 0 Å². The normalized spacial score (nSPS) is 11.2. The number of benzene rings is 1. The number of hydrogen-bond donors (Lipinski definition) is 0. The lowest BCUT2D eigenvalue weighted by Gasteiger charge is -2.11. The van der Waals surface area contributed by atoms with Crippen molar-refractivity contribution < 1.29 is 13.9 Å². The first-order chi connectivity index (χ1) is 15.4. The first-order valence-electron chi connectivity index (χ1n) is 10.2. The average Bonchev–Trinajstić information content (AvgIpc) is 3.44. The first-order valence-corrected chi connectivity index (χ1v) is 12.0. The van der Waals surface area contributed by atoms with E-state index in [0.29, 0.717) is 23.3 Å². The minimum atomic E-state index is 0.0184. The van der Waals surface area contributed by atoms with Crippen LogP contribution in [0.1, 0.15) is 39.4 Å². The molecule has 0 saturated carbocycles. The van der Waals surface area contributed by atoms with Gasteiger partial charge in [-0.25, -0.2) is 4.98 Å². The van der Waals surface area contributed by atoms with Gasteiger partial charge < -0.3 is 13.7 Å². The van der Waals surface area contributed by atoms with Crippen LogP contribution in [0.25, 0.3) is 16.5 Å². The molecular weight excluding hydrogens is 444 g/mol. The molecule has 1 aromatic carbocycles. The lowest BCUT2D eigenvalue weighted by molar-refractivity contribution is 0.102. The van der Waals surface area contributed by atoms with Gasteiger partial charge in [0.25, 0.3) is 11.1 Å². The summed E-state index contributed by atoms with van der Waals surface area (Å²) in [6.07, 6.45) is 0. The van der Waals surface area contributed by atoms with E-state index in [0.717, 1.165) is 38.4 Å². The van der Waals surface area contributed by atoms with Crippen molar-refractivity contribution in [2.24, 2.45) is 0 Å². The predicted molar refractivity (Wildman–Crippen MR) is 126 cm³/mol. The Balaban J connectivity index is 1.47. The van der Waals surface area contributed by atoms with Crippen LogP contribution in [0, 0.1) is 27.7 Å². The minimum Gasteiger partial charge on any atom is -0.494 e. The van der Waals surface area contributed by atoms with Crippen molar-refractivity contribution >= 4 is 28.9 Å². The average molecular weight is 469 g/mol. The quantitative estimate of drug-likeness (QED) is 0.246. The third kappa shape index (κ3) is 4.49. The Morgan fingerprint density at radius 2 is 1.91 bits per heavy atom. The third-order valence-electron chi connectivity index (χ3n) is 4.97. The van der Waals surface area contributed by atoms with Crippen LogP contribution in [0.4, 0.5) is 0 Å². The molecule has 9 heteroatoms. The number of aromatic nitrogens is 4. The Bertz CT molecular complexity index is 1260. The number of ether oxygens (including phenoxy) is 1. The minimum absolute atomic E-state index is 0.0184. The van der Waals surface area contributed by atoms with E-state index in [4.69, 9.17) is 9.15 Å². The molecule has 0 spiro atoms. The van der Waals surface area contributed by atoms with Gasteiger partial charge in [-0.3, -0.25) is 4.79 Å². The molecule has 0 aliphatic heterocycles.